The molecular formula is C22H24N4O5. The van der Waals surface area contributed by atoms with E-state index >= 15 is 0 Å². The van der Waals surface area contributed by atoms with Gasteiger partial charge < -0.3 is 31.6 Å². The van der Waals surface area contributed by atoms with E-state index in [0.29, 0.717) is 30.5 Å². The zero-order valence-electron chi connectivity index (χ0n) is 16.8. The van der Waals surface area contributed by atoms with Crippen LogP contribution in [0.1, 0.15) is 39.2 Å². The summed E-state index contributed by atoms with van der Waals surface area (Å²) in [5.74, 6) is -1.25. The lowest BCUT2D eigenvalue weighted by molar-refractivity contribution is -0.117. The van der Waals surface area contributed by atoms with Gasteiger partial charge in [0.1, 0.15) is 11.3 Å². The molecule has 9 heteroatoms. The molecule has 7 N–H and O–H groups in total. The van der Waals surface area contributed by atoms with Gasteiger partial charge in [-0.3, -0.25) is 14.4 Å². The molecule has 2 aromatic rings. The Morgan fingerprint density at radius 1 is 1.23 bits per heavy atom. The summed E-state index contributed by atoms with van der Waals surface area (Å²) < 4.78 is 0. The Morgan fingerprint density at radius 3 is 2.81 bits per heavy atom. The standard InChI is InChI=1S/C22H24N4O5/c23-18(28)10-25-19(29)14-5-12-8-22(31)17-6-11-1-2-13(27)7-15(11)21(22,3-4-24-17)9-16(12)26-20(14)30/h1-2,5,7,17,24,27,31H,3-4,6,8-10H2,(H2,23,28)(H,25,29)(H,26,30)/t17-,21-,22-/m1/s1. The molecule has 2 bridgehead atoms. The van der Waals surface area contributed by atoms with E-state index in [-0.39, 0.29) is 30.3 Å². The van der Waals surface area contributed by atoms with Crippen molar-refractivity contribution < 1.29 is 19.8 Å². The van der Waals surface area contributed by atoms with Crippen LogP contribution in [0.4, 0.5) is 0 Å². The topological polar surface area (TPSA) is 158 Å². The Hall–Kier alpha value is -3.17. The second-order valence-corrected chi connectivity index (χ2v) is 8.83. The van der Waals surface area contributed by atoms with Gasteiger partial charge in [0.2, 0.25) is 5.91 Å². The Kier molecular flexibility index (Phi) is 4.25. The van der Waals surface area contributed by atoms with Gasteiger partial charge in [-0.2, -0.15) is 0 Å². The van der Waals surface area contributed by atoms with Crippen molar-refractivity contribution in [3.8, 4) is 5.75 Å². The molecular weight excluding hydrogens is 400 g/mol. The van der Waals surface area contributed by atoms with Crippen molar-refractivity contribution in [2.45, 2.75) is 42.7 Å². The molecule has 0 spiro atoms. The number of pyridine rings is 1. The van der Waals surface area contributed by atoms with Crippen LogP contribution in [0.2, 0.25) is 0 Å². The highest BCUT2D eigenvalue weighted by Gasteiger charge is 2.62. The van der Waals surface area contributed by atoms with Crippen LogP contribution in [-0.4, -0.2) is 51.7 Å². The summed E-state index contributed by atoms with van der Waals surface area (Å²) in [6, 6.07) is 6.60. The third-order valence-electron chi connectivity index (χ3n) is 7.20. The molecule has 1 aliphatic heterocycles. The number of aromatic nitrogens is 1. The number of H-pyrrole nitrogens is 1. The number of phenolic OH excluding ortho intramolecular Hbond substituents is 1. The van der Waals surface area contributed by atoms with Crippen LogP contribution < -0.4 is 21.9 Å². The first kappa shape index (κ1) is 19.8. The molecule has 1 aromatic heterocycles. The smallest absolute Gasteiger partial charge is 0.261 e. The predicted molar refractivity (Wildman–Crippen MR) is 111 cm³/mol. The number of phenols is 1. The molecule has 31 heavy (non-hydrogen) atoms. The second-order valence-electron chi connectivity index (χ2n) is 8.83. The third kappa shape index (κ3) is 2.80. The number of primary amides is 1. The number of carbonyl (C=O) groups excluding carboxylic acids is 2. The number of carbonyl (C=O) groups is 2. The largest absolute Gasteiger partial charge is 0.508 e. The number of hydrogen-bond donors (Lipinski definition) is 6. The fourth-order valence-corrected chi connectivity index (χ4v) is 5.77. The normalized spacial score (nSPS) is 28.1. The fourth-order valence-electron chi connectivity index (χ4n) is 5.77. The van der Waals surface area contributed by atoms with Crippen molar-refractivity contribution in [2.24, 2.45) is 5.73 Å². The number of aromatic amines is 1. The Morgan fingerprint density at radius 2 is 2.03 bits per heavy atom. The first-order valence-corrected chi connectivity index (χ1v) is 10.3. The summed E-state index contributed by atoms with van der Waals surface area (Å²) in [6.45, 7) is 0.351. The van der Waals surface area contributed by atoms with Crippen molar-refractivity contribution in [1.29, 1.82) is 0 Å². The predicted octanol–water partition coefficient (Wildman–Crippen LogP) is -1.02. The molecule has 2 aliphatic carbocycles. The maximum absolute atomic E-state index is 12.6. The third-order valence-corrected chi connectivity index (χ3v) is 7.20. The number of amides is 2. The zero-order chi connectivity index (χ0) is 22.0. The number of rotatable bonds is 3. The lowest BCUT2D eigenvalue weighted by atomic mass is 9.50. The van der Waals surface area contributed by atoms with Crippen LogP contribution in [0.15, 0.2) is 29.1 Å². The van der Waals surface area contributed by atoms with Crippen LogP contribution in [0, 0.1) is 0 Å². The van der Waals surface area contributed by atoms with Gasteiger partial charge in [0, 0.05) is 30.0 Å². The average Bonchev–Trinajstić information content (AvgIpc) is 2.70. The number of hydrogen-bond acceptors (Lipinski definition) is 6. The number of benzene rings is 1. The van der Waals surface area contributed by atoms with Crippen LogP contribution in [-0.2, 0) is 29.5 Å². The fraction of sp³-hybridized carbons (Fsp3) is 0.409. The number of nitrogens with one attached hydrogen (secondary N) is 3. The van der Waals surface area contributed by atoms with Gasteiger partial charge in [-0.1, -0.05) is 6.07 Å². The Balaban J connectivity index is 1.62. The first-order valence-electron chi connectivity index (χ1n) is 10.3. The van der Waals surface area contributed by atoms with E-state index < -0.39 is 28.4 Å². The molecule has 5 rings (SSSR count). The second kappa shape index (κ2) is 6.66. The van der Waals surface area contributed by atoms with Crippen LogP contribution in [0.3, 0.4) is 0 Å². The average molecular weight is 424 g/mol. The summed E-state index contributed by atoms with van der Waals surface area (Å²) in [6.07, 6.45) is 1.92. The Labute approximate surface area is 177 Å². The highest BCUT2D eigenvalue weighted by Crippen LogP contribution is 2.55. The lowest BCUT2D eigenvalue weighted by Crippen LogP contribution is -2.73. The summed E-state index contributed by atoms with van der Waals surface area (Å²) in [5, 5.41) is 27.9. The first-order chi connectivity index (χ1) is 14.7. The molecule has 1 saturated heterocycles. The summed E-state index contributed by atoms with van der Waals surface area (Å²) >= 11 is 0. The number of piperidine rings is 1. The molecule has 0 unspecified atom stereocenters. The van der Waals surface area contributed by atoms with E-state index in [0.717, 1.165) is 17.7 Å². The van der Waals surface area contributed by atoms with Gasteiger partial charge in [-0.25, -0.2) is 0 Å². The van der Waals surface area contributed by atoms with Gasteiger partial charge in [0.25, 0.3) is 11.5 Å². The molecule has 162 valence electrons. The minimum Gasteiger partial charge on any atom is -0.508 e. The van der Waals surface area contributed by atoms with Crippen molar-refractivity contribution in [2.75, 3.05) is 13.1 Å². The highest BCUT2D eigenvalue weighted by atomic mass is 16.3. The summed E-state index contributed by atoms with van der Waals surface area (Å²) in [7, 11) is 0. The van der Waals surface area contributed by atoms with Crippen LogP contribution in [0.25, 0.3) is 0 Å². The molecule has 1 fully saturated rings. The zero-order valence-corrected chi connectivity index (χ0v) is 16.8. The van der Waals surface area contributed by atoms with E-state index in [4.69, 9.17) is 5.73 Å². The minimum absolute atomic E-state index is 0.119. The quantitative estimate of drug-likeness (QED) is 0.370. The monoisotopic (exact) mass is 424 g/mol. The van der Waals surface area contributed by atoms with Crippen molar-refractivity contribution in [3.63, 3.8) is 0 Å². The maximum Gasteiger partial charge on any atom is 0.261 e. The molecule has 0 saturated carbocycles. The van der Waals surface area contributed by atoms with Gasteiger partial charge >= 0.3 is 0 Å². The van der Waals surface area contributed by atoms with E-state index in [2.05, 4.69) is 15.6 Å². The van der Waals surface area contributed by atoms with Gasteiger partial charge in [-0.15, -0.1) is 0 Å². The number of aliphatic hydroxyl groups is 1. The molecule has 1 aromatic carbocycles. The SMILES string of the molecule is NC(=O)CNC(=O)c1cc2c([nH]c1=O)C[C@]13CCN[C@H](Cc4ccc(O)cc41)[C@]3(O)C2. The molecule has 3 atom stereocenters. The Bertz CT molecular complexity index is 1170. The molecule has 2 amide bonds. The maximum atomic E-state index is 12.6. The molecule has 3 aliphatic rings. The van der Waals surface area contributed by atoms with Gasteiger partial charge in [0.15, 0.2) is 0 Å². The minimum atomic E-state index is -1.14. The number of nitrogens with two attached hydrogens (primary N) is 1. The van der Waals surface area contributed by atoms with E-state index in [1.54, 1.807) is 12.1 Å². The highest BCUT2D eigenvalue weighted by molar-refractivity contribution is 5.96. The van der Waals surface area contributed by atoms with Crippen molar-refractivity contribution in [3.05, 3.63) is 62.6 Å². The van der Waals surface area contributed by atoms with Crippen LogP contribution in [0.5, 0.6) is 5.75 Å². The summed E-state index contributed by atoms with van der Waals surface area (Å²) in [5.41, 5.74) is 5.96. The summed E-state index contributed by atoms with van der Waals surface area (Å²) in [4.78, 5) is 38.8. The van der Waals surface area contributed by atoms with E-state index in [1.807, 2.05) is 6.07 Å². The lowest BCUT2D eigenvalue weighted by Gasteiger charge is -2.61. The van der Waals surface area contributed by atoms with E-state index in [9.17, 15) is 24.6 Å². The number of aromatic hydroxyl groups is 1. The molecule has 2 heterocycles. The van der Waals surface area contributed by atoms with E-state index in [1.165, 1.54) is 6.07 Å². The van der Waals surface area contributed by atoms with Crippen molar-refractivity contribution >= 4 is 11.8 Å². The van der Waals surface area contributed by atoms with Crippen LogP contribution >= 0.6 is 0 Å². The number of fused-ring (bicyclic) bond motifs is 2. The van der Waals surface area contributed by atoms with Gasteiger partial charge in [-0.05, 0) is 54.3 Å². The van der Waals surface area contributed by atoms with Gasteiger partial charge in [0.05, 0.1) is 12.1 Å². The molecule has 0 radical (unpaired) electrons. The van der Waals surface area contributed by atoms with Crippen molar-refractivity contribution in [1.82, 2.24) is 15.6 Å². The molecule has 9 nitrogen and oxygen atoms in total.